The summed E-state index contributed by atoms with van der Waals surface area (Å²) in [5, 5.41) is 0. The minimum Gasteiger partial charge on any atom is -0.449 e. The van der Waals surface area contributed by atoms with Crippen LogP contribution in [-0.4, -0.2) is 25.9 Å². The van der Waals surface area contributed by atoms with E-state index in [-0.39, 0.29) is 5.41 Å². The molecule has 1 fully saturated rings. The average molecular weight is 145 g/mol. The Morgan fingerprint density at radius 3 is 2.70 bits per heavy atom. The molecule has 0 atom stereocenters. The Hall–Kier alpha value is -0.770. The molecule has 0 aliphatic carbocycles. The van der Waals surface area contributed by atoms with Gasteiger partial charge in [-0.1, -0.05) is 6.92 Å². The summed E-state index contributed by atoms with van der Waals surface area (Å²) in [5.41, 5.74) is 4.79. The van der Waals surface area contributed by atoms with E-state index in [0.717, 1.165) is 0 Å². The van der Waals surface area contributed by atoms with Gasteiger partial charge in [0.25, 0.3) is 0 Å². The molecule has 0 unspecified atom stereocenters. The predicted octanol–water partition coefficient (Wildman–Crippen LogP) is 0.118. The monoisotopic (exact) mass is 145 g/mol. The van der Waals surface area contributed by atoms with Crippen molar-refractivity contribution in [1.29, 1.82) is 0 Å². The standard InChI is InChI=1S/C6H11NO3/c1-6(2-9-3-6)4-10-5(7)8/h2-4H2,1H3,(H2,7,8). The molecule has 1 saturated heterocycles. The Balaban J connectivity index is 2.18. The average Bonchev–Trinajstić information content (AvgIpc) is 1.79. The van der Waals surface area contributed by atoms with Crippen molar-refractivity contribution in [2.24, 2.45) is 11.1 Å². The number of amides is 1. The van der Waals surface area contributed by atoms with Crippen molar-refractivity contribution in [3.8, 4) is 0 Å². The molecule has 0 radical (unpaired) electrons. The Morgan fingerprint density at radius 2 is 2.40 bits per heavy atom. The molecule has 10 heavy (non-hydrogen) atoms. The molecule has 58 valence electrons. The molecular weight excluding hydrogens is 134 g/mol. The number of hydrogen-bond donors (Lipinski definition) is 1. The zero-order valence-electron chi connectivity index (χ0n) is 5.92. The van der Waals surface area contributed by atoms with Gasteiger partial charge in [-0.2, -0.15) is 0 Å². The number of nitrogens with two attached hydrogens (primary N) is 1. The van der Waals surface area contributed by atoms with E-state index in [4.69, 9.17) is 10.5 Å². The largest absolute Gasteiger partial charge is 0.449 e. The molecule has 2 N–H and O–H groups in total. The summed E-state index contributed by atoms with van der Waals surface area (Å²) in [6.07, 6.45) is -0.715. The van der Waals surface area contributed by atoms with E-state index >= 15 is 0 Å². The van der Waals surface area contributed by atoms with E-state index in [2.05, 4.69) is 4.74 Å². The fraction of sp³-hybridized carbons (Fsp3) is 0.833. The third-order valence-corrected chi connectivity index (χ3v) is 1.46. The lowest BCUT2D eigenvalue weighted by Gasteiger charge is -2.36. The van der Waals surface area contributed by atoms with E-state index in [1.165, 1.54) is 0 Å². The fourth-order valence-corrected chi connectivity index (χ4v) is 0.779. The van der Waals surface area contributed by atoms with E-state index in [1.807, 2.05) is 6.92 Å². The summed E-state index contributed by atoms with van der Waals surface area (Å²) < 4.78 is 9.55. The van der Waals surface area contributed by atoms with Crippen LogP contribution in [0.3, 0.4) is 0 Å². The number of primary amides is 1. The lowest BCUT2D eigenvalue weighted by atomic mass is 9.90. The second kappa shape index (κ2) is 2.46. The molecule has 1 aliphatic heterocycles. The molecule has 0 aromatic carbocycles. The molecule has 0 aromatic heterocycles. The first kappa shape index (κ1) is 7.34. The van der Waals surface area contributed by atoms with Gasteiger partial charge in [0.2, 0.25) is 0 Å². The van der Waals surface area contributed by atoms with Crippen LogP contribution in [0.4, 0.5) is 4.79 Å². The van der Waals surface area contributed by atoms with Crippen molar-refractivity contribution in [3.05, 3.63) is 0 Å². The predicted molar refractivity (Wildman–Crippen MR) is 34.5 cm³/mol. The lowest BCUT2D eigenvalue weighted by Crippen LogP contribution is -2.44. The van der Waals surface area contributed by atoms with Crippen LogP contribution in [0.2, 0.25) is 0 Å². The van der Waals surface area contributed by atoms with Crippen molar-refractivity contribution >= 4 is 6.09 Å². The van der Waals surface area contributed by atoms with Crippen LogP contribution in [0.5, 0.6) is 0 Å². The van der Waals surface area contributed by atoms with Crippen LogP contribution < -0.4 is 5.73 Å². The number of carbonyl (C=O) groups is 1. The maximum absolute atomic E-state index is 10.1. The van der Waals surface area contributed by atoms with E-state index < -0.39 is 6.09 Å². The number of carbonyl (C=O) groups excluding carboxylic acids is 1. The van der Waals surface area contributed by atoms with Gasteiger partial charge in [-0.15, -0.1) is 0 Å². The van der Waals surface area contributed by atoms with E-state index in [1.54, 1.807) is 0 Å². The zero-order valence-corrected chi connectivity index (χ0v) is 5.92. The molecule has 1 aliphatic rings. The number of rotatable bonds is 2. The zero-order chi connectivity index (χ0) is 7.61. The van der Waals surface area contributed by atoms with Crippen LogP contribution in [0.25, 0.3) is 0 Å². The molecule has 0 saturated carbocycles. The second-order valence-electron chi connectivity index (χ2n) is 2.91. The Labute approximate surface area is 59.3 Å². The van der Waals surface area contributed by atoms with Gasteiger partial charge in [0.05, 0.1) is 13.2 Å². The van der Waals surface area contributed by atoms with Crippen LogP contribution >= 0.6 is 0 Å². The summed E-state index contributed by atoms with van der Waals surface area (Å²) >= 11 is 0. The van der Waals surface area contributed by atoms with E-state index in [9.17, 15) is 4.79 Å². The molecule has 4 nitrogen and oxygen atoms in total. The Morgan fingerprint density at radius 1 is 1.80 bits per heavy atom. The minimum atomic E-state index is -0.715. The SMILES string of the molecule is CC1(COC(N)=O)COC1. The van der Waals surface area contributed by atoms with Gasteiger partial charge in [-0.3, -0.25) is 0 Å². The van der Waals surface area contributed by atoms with Gasteiger partial charge in [-0.05, 0) is 0 Å². The number of ether oxygens (including phenoxy) is 2. The minimum absolute atomic E-state index is 0.00896. The van der Waals surface area contributed by atoms with Gasteiger partial charge in [0.1, 0.15) is 6.61 Å². The second-order valence-corrected chi connectivity index (χ2v) is 2.91. The highest BCUT2D eigenvalue weighted by Crippen LogP contribution is 2.26. The van der Waals surface area contributed by atoms with Crippen molar-refractivity contribution < 1.29 is 14.3 Å². The summed E-state index contributed by atoms with van der Waals surface area (Å²) in [5.74, 6) is 0. The third kappa shape index (κ3) is 1.60. The summed E-state index contributed by atoms with van der Waals surface area (Å²) in [4.78, 5) is 10.1. The molecule has 4 heteroatoms. The van der Waals surface area contributed by atoms with Crippen molar-refractivity contribution in [1.82, 2.24) is 0 Å². The first-order chi connectivity index (χ1) is 4.62. The topological polar surface area (TPSA) is 61.5 Å². The molecule has 1 heterocycles. The smallest absolute Gasteiger partial charge is 0.404 e. The normalized spacial score (nSPS) is 21.3. The fourth-order valence-electron chi connectivity index (χ4n) is 0.779. The molecule has 1 rings (SSSR count). The highest BCUT2D eigenvalue weighted by Gasteiger charge is 2.34. The first-order valence-electron chi connectivity index (χ1n) is 3.12. The van der Waals surface area contributed by atoms with Gasteiger partial charge in [-0.25, -0.2) is 4.79 Å². The molecule has 0 aromatic rings. The maximum atomic E-state index is 10.1. The highest BCUT2D eigenvalue weighted by molar-refractivity contribution is 5.64. The quantitative estimate of drug-likeness (QED) is 0.600. The highest BCUT2D eigenvalue weighted by atomic mass is 16.6. The van der Waals surface area contributed by atoms with E-state index in [0.29, 0.717) is 19.8 Å². The Kier molecular flexibility index (Phi) is 1.80. The summed E-state index contributed by atoms with van der Waals surface area (Å²) in [6, 6.07) is 0. The first-order valence-corrected chi connectivity index (χ1v) is 3.12. The molecular formula is C6H11NO3. The van der Waals surface area contributed by atoms with Crippen LogP contribution in [0.15, 0.2) is 0 Å². The van der Waals surface area contributed by atoms with Crippen molar-refractivity contribution in [2.45, 2.75) is 6.92 Å². The van der Waals surface area contributed by atoms with Crippen LogP contribution in [0, 0.1) is 5.41 Å². The molecule has 1 amide bonds. The third-order valence-electron chi connectivity index (χ3n) is 1.46. The van der Waals surface area contributed by atoms with Crippen molar-refractivity contribution in [3.63, 3.8) is 0 Å². The van der Waals surface area contributed by atoms with Gasteiger partial charge < -0.3 is 15.2 Å². The molecule has 0 spiro atoms. The van der Waals surface area contributed by atoms with Crippen LogP contribution in [-0.2, 0) is 9.47 Å². The summed E-state index contributed by atoms with van der Waals surface area (Å²) in [6.45, 7) is 3.66. The number of hydrogen-bond acceptors (Lipinski definition) is 3. The van der Waals surface area contributed by atoms with Gasteiger partial charge in [0, 0.05) is 5.41 Å². The molecule has 0 bridgehead atoms. The van der Waals surface area contributed by atoms with Crippen LogP contribution in [0.1, 0.15) is 6.92 Å². The summed E-state index contributed by atoms with van der Waals surface area (Å²) in [7, 11) is 0. The Bertz CT molecular complexity index is 142. The lowest BCUT2D eigenvalue weighted by molar-refractivity contribution is -0.125. The van der Waals surface area contributed by atoms with Gasteiger partial charge >= 0.3 is 6.09 Å². The van der Waals surface area contributed by atoms with Crippen molar-refractivity contribution in [2.75, 3.05) is 19.8 Å². The van der Waals surface area contributed by atoms with Gasteiger partial charge in [0.15, 0.2) is 0 Å². The maximum Gasteiger partial charge on any atom is 0.404 e.